The van der Waals surface area contributed by atoms with Crippen molar-refractivity contribution in [1.29, 1.82) is 0 Å². The molecule has 4 heteroatoms. The lowest BCUT2D eigenvalue weighted by Crippen LogP contribution is -2.06. The van der Waals surface area contributed by atoms with Crippen LogP contribution in [0, 0.1) is 6.92 Å². The van der Waals surface area contributed by atoms with Gasteiger partial charge in [0, 0.05) is 24.7 Å². The second-order valence-electron chi connectivity index (χ2n) is 2.50. The van der Waals surface area contributed by atoms with Gasteiger partial charge in [-0.1, -0.05) is 0 Å². The highest BCUT2D eigenvalue weighted by Gasteiger charge is 1.92. The fourth-order valence-corrected chi connectivity index (χ4v) is 1.05. The SMILES string of the molecule is CSCCNc1ncc(C)cn1. The quantitative estimate of drug-likeness (QED) is 0.719. The van der Waals surface area contributed by atoms with Gasteiger partial charge in [0.05, 0.1) is 0 Å². The molecule has 1 heterocycles. The van der Waals surface area contributed by atoms with Crippen LogP contribution in [-0.2, 0) is 0 Å². The molecule has 0 bridgehead atoms. The summed E-state index contributed by atoms with van der Waals surface area (Å²) < 4.78 is 0. The summed E-state index contributed by atoms with van der Waals surface area (Å²) >= 11 is 1.81. The van der Waals surface area contributed by atoms with E-state index < -0.39 is 0 Å². The molecule has 0 aliphatic rings. The van der Waals surface area contributed by atoms with Crippen molar-refractivity contribution in [2.75, 3.05) is 23.9 Å². The molecule has 0 spiro atoms. The second kappa shape index (κ2) is 4.98. The van der Waals surface area contributed by atoms with Gasteiger partial charge in [-0.3, -0.25) is 0 Å². The average Bonchev–Trinajstić information content (AvgIpc) is 2.09. The van der Waals surface area contributed by atoms with Gasteiger partial charge < -0.3 is 5.32 Å². The molecule has 1 aromatic heterocycles. The maximum absolute atomic E-state index is 4.12. The Kier molecular flexibility index (Phi) is 3.87. The summed E-state index contributed by atoms with van der Waals surface area (Å²) in [5, 5.41) is 3.13. The second-order valence-corrected chi connectivity index (χ2v) is 3.49. The molecular formula is C8H13N3S. The summed E-state index contributed by atoms with van der Waals surface area (Å²) in [6, 6.07) is 0. The first kappa shape index (κ1) is 9.32. The Morgan fingerprint density at radius 1 is 1.42 bits per heavy atom. The van der Waals surface area contributed by atoms with Gasteiger partial charge in [-0.15, -0.1) is 0 Å². The lowest BCUT2D eigenvalue weighted by atomic mass is 10.4. The summed E-state index contributed by atoms with van der Waals surface area (Å²) in [6.07, 6.45) is 5.71. The third-order valence-electron chi connectivity index (χ3n) is 1.37. The third-order valence-corrected chi connectivity index (χ3v) is 1.98. The van der Waals surface area contributed by atoms with E-state index in [1.807, 2.05) is 19.3 Å². The molecule has 1 N–H and O–H groups in total. The van der Waals surface area contributed by atoms with Crippen LogP contribution in [0.3, 0.4) is 0 Å². The van der Waals surface area contributed by atoms with Crippen LogP contribution in [0.4, 0.5) is 5.95 Å². The van der Waals surface area contributed by atoms with Gasteiger partial charge in [0.1, 0.15) is 0 Å². The predicted octanol–water partition coefficient (Wildman–Crippen LogP) is 1.56. The van der Waals surface area contributed by atoms with Crippen molar-refractivity contribution >= 4 is 17.7 Å². The normalized spacial score (nSPS) is 9.83. The van der Waals surface area contributed by atoms with Gasteiger partial charge in [-0.2, -0.15) is 11.8 Å². The van der Waals surface area contributed by atoms with E-state index in [2.05, 4.69) is 21.5 Å². The van der Waals surface area contributed by atoms with Crippen molar-refractivity contribution < 1.29 is 0 Å². The molecular weight excluding hydrogens is 170 g/mol. The number of hydrogen-bond donors (Lipinski definition) is 1. The van der Waals surface area contributed by atoms with Crippen LogP contribution < -0.4 is 5.32 Å². The average molecular weight is 183 g/mol. The highest BCUT2D eigenvalue weighted by Crippen LogP contribution is 1.98. The molecule has 0 radical (unpaired) electrons. The summed E-state index contributed by atoms with van der Waals surface area (Å²) in [7, 11) is 0. The smallest absolute Gasteiger partial charge is 0.222 e. The van der Waals surface area contributed by atoms with Crippen LogP contribution in [0.15, 0.2) is 12.4 Å². The Balaban J connectivity index is 2.37. The number of thioether (sulfide) groups is 1. The maximum atomic E-state index is 4.12. The molecule has 0 saturated heterocycles. The summed E-state index contributed by atoms with van der Waals surface area (Å²) in [5.74, 6) is 1.80. The number of anilines is 1. The molecule has 0 atom stereocenters. The van der Waals surface area contributed by atoms with Crippen LogP contribution in [0.5, 0.6) is 0 Å². The van der Waals surface area contributed by atoms with Crippen molar-refractivity contribution in [3.63, 3.8) is 0 Å². The lowest BCUT2D eigenvalue weighted by Gasteiger charge is -2.02. The zero-order chi connectivity index (χ0) is 8.81. The Labute approximate surface area is 77.0 Å². The zero-order valence-corrected chi connectivity index (χ0v) is 8.19. The zero-order valence-electron chi connectivity index (χ0n) is 7.37. The fraction of sp³-hybridized carbons (Fsp3) is 0.500. The van der Waals surface area contributed by atoms with Gasteiger partial charge in [0.15, 0.2) is 0 Å². The highest BCUT2D eigenvalue weighted by molar-refractivity contribution is 7.98. The molecule has 0 saturated carbocycles. The molecule has 3 nitrogen and oxygen atoms in total. The van der Waals surface area contributed by atoms with E-state index in [0.717, 1.165) is 23.8 Å². The monoisotopic (exact) mass is 183 g/mol. The van der Waals surface area contributed by atoms with Crippen LogP contribution in [0.1, 0.15) is 5.56 Å². The van der Waals surface area contributed by atoms with E-state index in [9.17, 15) is 0 Å². The molecule has 0 aliphatic heterocycles. The lowest BCUT2D eigenvalue weighted by molar-refractivity contribution is 1.07. The third kappa shape index (κ3) is 3.09. The van der Waals surface area contributed by atoms with Crippen LogP contribution in [0.25, 0.3) is 0 Å². The van der Waals surface area contributed by atoms with E-state index in [1.165, 1.54) is 0 Å². The van der Waals surface area contributed by atoms with Crippen LogP contribution in [-0.4, -0.2) is 28.5 Å². The summed E-state index contributed by atoms with van der Waals surface area (Å²) in [5.41, 5.74) is 1.09. The largest absolute Gasteiger partial charge is 0.353 e. The van der Waals surface area contributed by atoms with Crippen molar-refractivity contribution in [2.45, 2.75) is 6.92 Å². The maximum Gasteiger partial charge on any atom is 0.222 e. The Bertz CT molecular complexity index is 222. The minimum absolute atomic E-state index is 0.717. The van der Waals surface area contributed by atoms with Gasteiger partial charge in [-0.25, -0.2) is 9.97 Å². The number of aromatic nitrogens is 2. The summed E-state index contributed by atoms with van der Waals surface area (Å²) in [6.45, 7) is 2.90. The van der Waals surface area contributed by atoms with Crippen molar-refractivity contribution in [3.05, 3.63) is 18.0 Å². The fourth-order valence-electron chi connectivity index (χ4n) is 0.749. The van der Waals surface area contributed by atoms with Crippen molar-refractivity contribution in [2.24, 2.45) is 0 Å². The number of nitrogens with one attached hydrogen (secondary N) is 1. The van der Waals surface area contributed by atoms with E-state index >= 15 is 0 Å². The van der Waals surface area contributed by atoms with Gasteiger partial charge >= 0.3 is 0 Å². The number of aryl methyl sites for hydroxylation is 1. The molecule has 1 aromatic rings. The highest BCUT2D eigenvalue weighted by atomic mass is 32.2. The summed E-state index contributed by atoms with van der Waals surface area (Å²) in [4.78, 5) is 8.24. The number of nitrogens with zero attached hydrogens (tertiary/aromatic N) is 2. The Morgan fingerprint density at radius 3 is 2.67 bits per heavy atom. The molecule has 0 aromatic carbocycles. The first-order valence-electron chi connectivity index (χ1n) is 3.84. The van der Waals surface area contributed by atoms with Crippen LogP contribution in [0.2, 0.25) is 0 Å². The van der Waals surface area contributed by atoms with Crippen molar-refractivity contribution in [1.82, 2.24) is 9.97 Å². The molecule has 1 rings (SSSR count). The predicted molar refractivity (Wildman–Crippen MR) is 53.6 cm³/mol. The minimum atomic E-state index is 0.717. The minimum Gasteiger partial charge on any atom is -0.353 e. The molecule has 0 aliphatic carbocycles. The Hall–Kier alpha value is -0.770. The van der Waals surface area contributed by atoms with Gasteiger partial charge in [0.2, 0.25) is 5.95 Å². The van der Waals surface area contributed by atoms with E-state index in [-0.39, 0.29) is 0 Å². The van der Waals surface area contributed by atoms with E-state index in [1.54, 1.807) is 11.8 Å². The van der Waals surface area contributed by atoms with Gasteiger partial charge in [0.25, 0.3) is 0 Å². The van der Waals surface area contributed by atoms with Crippen molar-refractivity contribution in [3.8, 4) is 0 Å². The van der Waals surface area contributed by atoms with E-state index in [4.69, 9.17) is 0 Å². The van der Waals surface area contributed by atoms with Crippen LogP contribution >= 0.6 is 11.8 Å². The standard InChI is InChI=1S/C8H13N3S/c1-7-5-10-8(11-6-7)9-3-4-12-2/h5-6H,3-4H2,1-2H3,(H,9,10,11). The first-order chi connectivity index (χ1) is 5.83. The number of hydrogen-bond acceptors (Lipinski definition) is 4. The molecule has 0 fully saturated rings. The molecule has 0 unspecified atom stereocenters. The molecule has 66 valence electrons. The van der Waals surface area contributed by atoms with E-state index in [0.29, 0.717) is 0 Å². The molecule has 0 amide bonds. The Morgan fingerprint density at radius 2 is 2.08 bits per heavy atom. The first-order valence-corrected chi connectivity index (χ1v) is 5.24. The van der Waals surface area contributed by atoms with Gasteiger partial charge in [-0.05, 0) is 18.7 Å². The topological polar surface area (TPSA) is 37.8 Å². The molecule has 12 heavy (non-hydrogen) atoms. The number of rotatable bonds is 4.